The first-order chi connectivity index (χ1) is 5.94. The van der Waals surface area contributed by atoms with Crippen molar-refractivity contribution in [1.29, 1.82) is 0 Å². The van der Waals surface area contributed by atoms with Gasteiger partial charge in [0.15, 0.2) is 0 Å². The fourth-order valence-electron chi connectivity index (χ4n) is 2.24. The van der Waals surface area contributed by atoms with Crippen LogP contribution in [0.4, 0.5) is 0 Å². The lowest BCUT2D eigenvalue weighted by atomic mass is 9.67. The molecule has 1 aliphatic carbocycles. The molecule has 0 radical (unpaired) electrons. The molecular weight excluding hydrogens is 160 g/mol. The molecule has 2 unspecified atom stereocenters. The number of carbonyl (C=O) groups excluding carboxylic acids is 1. The lowest BCUT2D eigenvalue weighted by Crippen LogP contribution is -2.30. The Morgan fingerprint density at radius 3 is 2.77 bits per heavy atom. The first kappa shape index (κ1) is 10.5. The molecule has 0 aromatic heterocycles. The van der Waals surface area contributed by atoms with Gasteiger partial charge in [-0.3, -0.25) is 0 Å². The Balaban J connectivity index is 2.74. The Hall–Kier alpha value is -0.590. The summed E-state index contributed by atoms with van der Waals surface area (Å²) in [6, 6.07) is 0. The van der Waals surface area contributed by atoms with Gasteiger partial charge in [-0.25, -0.2) is 0 Å². The van der Waals surface area contributed by atoms with Crippen molar-refractivity contribution in [3.63, 3.8) is 0 Å². The van der Waals surface area contributed by atoms with Crippen LogP contribution in [0.15, 0.2) is 11.6 Å². The van der Waals surface area contributed by atoms with Gasteiger partial charge in [-0.1, -0.05) is 25.5 Å². The molecule has 0 saturated heterocycles. The van der Waals surface area contributed by atoms with Gasteiger partial charge >= 0.3 is 0 Å². The molecule has 1 rings (SSSR count). The number of carbonyl (C=O) groups is 1. The average Bonchev–Trinajstić information content (AvgIpc) is 1.97. The highest BCUT2D eigenvalue weighted by Crippen LogP contribution is 2.42. The Labute approximate surface area is 81.2 Å². The van der Waals surface area contributed by atoms with Crippen LogP contribution in [0.5, 0.6) is 0 Å². The minimum atomic E-state index is 0.214. The van der Waals surface area contributed by atoms with E-state index in [9.17, 15) is 4.79 Å². The van der Waals surface area contributed by atoms with Gasteiger partial charge in [0, 0.05) is 6.42 Å². The molecule has 0 spiro atoms. The van der Waals surface area contributed by atoms with Crippen molar-refractivity contribution in [3.8, 4) is 0 Å². The molecule has 0 heterocycles. The van der Waals surface area contributed by atoms with Gasteiger partial charge in [0.1, 0.15) is 5.78 Å². The third-order valence-electron chi connectivity index (χ3n) is 3.39. The van der Waals surface area contributed by atoms with Gasteiger partial charge in [-0.05, 0) is 38.0 Å². The highest BCUT2D eigenvalue weighted by atomic mass is 16.1. The molecule has 13 heavy (non-hydrogen) atoms. The summed E-state index contributed by atoms with van der Waals surface area (Å²) >= 11 is 0. The Bertz CT molecular complexity index is 240. The van der Waals surface area contributed by atoms with Crippen LogP contribution in [0.1, 0.15) is 47.0 Å². The van der Waals surface area contributed by atoms with E-state index in [1.165, 1.54) is 5.57 Å². The monoisotopic (exact) mass is 180 g/mol. The maximum Gasteiger partial charge on any atom is 0.130 e. The predicted molar refractivity (Wildman–Crippen MR) is 55.6 cm³/mol. The van der Waals surface area contributed by atoms with Crippen LogP contribution in [0.2, 0.25) is 0 Å². The second-order valence-corrected chi connectivity index (χ2v) is 4.89. The fraction of sp³-hybridized carbons (Fsp3) is 0.750. The Kier molecular flexibility index (Phi) is 2.94. The Morgan fingerprint density at radius 2 is 2.31 bits per heavy atom. The number of allylic oxidation sites excluding steroid dienone is 2. The minimum Gasteiger partial charge on any atom is -0.300 e. The molecule has 0 aliphatic heterocycles. The van der Waals surface area contributed by atoms with Gasteiger partial charge in [-0.2, -0.15) is 0 Å². The summed E-state index contributed by atoms with van der Waals surface area (Å²) in [6.07, 6.45) is 5.25. The first-order valence-electron chi connectivity index (χ1n) is 5.09. The largest absolute Gasteiger partial charge is 0.300 e. The van der Waals surface area contributed by atoms with E-state index in [4.69, 9.17) is 0 Å². The molecule has 2 atom stereocenters. The van der Waals surface area contributed by atoms with E-state index >= 15 is 0 Å². The number of Topliss-reactive ketones (excluding diaryl/α,β-unsaturated/α-hetero) is 1. The van der Waals surface area contributed by atoms with Crippen LogP contribution >= 0.6 is 0 Å². The molecular formula is C12H20O. The van der Waals surface area contributed by atoms with E-state index in [1.54, 1.807) is 6.92 Å². The number of hydrogen-bond acceptors (Lipinski definition) is 1. The van der Waals surface area contributed by atoms with E-state index in [1.807, 2.05) is 0 Å². The molecule has 1 nitrogen and oxygen atoms in total. The van der Waals surface area contributed by atoms with Gasteiger partial charge in [0.2, 0.25) is 0 Å². The van der Waals surface area contributed by atoms with Crippen LogP contribution in [0, 0.1) is 11.3 Å². The second kappa shape index (κ2) is 3.65. The number of hydrogen-bond donors (Lipinski definition) is 0. The molecule has 0 aromatic carbocycles. The second-order valence-electron chi connectivity index (χ2n) is 4.89. The summed E-state index contributed by atoms with van der Waals surface area (Å²) in [4.78, 5) is 11.1. The lowest BCUT2D eigenvalue weighted by molar-refractivity contribution is -0.119. The highest BCUT2D eigenvalue weighted by Gasteiger charge is 2.33. The number of rotatable bonds is 2. The predicted octanol–water partition coefficient (Wildman–Crippen LogP) is 3.35. The van der Waals surface area contributed by atoms with Crippen molar-refractivity contribution in [3.05, 3.63) is 11.6 Å². The lowest BCUT2D eigenvalue weighted by Gasteiger charge is -2.38. The molecule has 0 aromatic rings. The van der Waals surface area contributed by atoms with Crippen LogP contribution < -0.4 is 0 Å². The number of ketones is 1. The zero-order valence-electron chi connectivity index (χ0n) is 9.18. The van der Waals surface area contributed by atoms with Crippen molar-refractivity contribution in [1.82, 2.24) is 0 Å². The Morgan fingerprint density at radius 1 is 1.69 bits per heavy atom. The molecule has 1 heteroatoms. The van der Waals surface area contributed by atoms with Gasteiger partial charge in [0.05, 0.1) is 0 Å². The van der Waals surface area contributed by atoms with Crippen molar-refractivity contribution < 1.29 is 4.79 Å². The third-order valence-corrected chi connectivity index (χ3v) is 3.39. The van der Waals surface area contributed by atoms with E-state index < -0.39 is 0 Å². The highest BCUT2D eigenvalue weighted by molar-refractivity contribution is 5.76. The summed E-state index contributed by atoms with van der Waals surface area (Å²) in [5, 5.41) is 0. The molecule has 0 bridgehead atoms. The quantitative estimate of drug-likeness (QED) is 0.596. The molecule has 0 saturated carbocycles. The summed E-state index contributed by atoms with van der Waals surface area (Å²) < 4.78 is 0. The van der Waals surface area contributed by atoms with Crippen molar-refractivity contribution in [2.75, 3.05) is 0 Å². The van der Waals surface area contributed by atoms with Crippen molar-refractivity contribution in [2.45, 2.75) is 47.0 Å². The van der Waals surface area contributed by atoms with E-state index in [0.29, 0.717) is 11.7 Å². The van der Waals surface area contributed by atoms with E-state index in [-0.39, 0.29) is 5.41 Å². The summed E-state index contributed by atoms with van der Waals surface area (Å²) in [5.74, 6) is 0.962. The van der Waals surface area contributed by atoms with Crippen LogP contribution in [-0.4, -0.2) is 5.78 Å². The summed E-state index contributed by atoms with van der Waals surface area (Å²) in [5.41, 5.74) is 1.69. The van der Waals surface area contributed by atoms with Crippen molar-refractivity contribution in [2.24, 2.45) is 11.3 Å². The van der Waals surface area contributed by atoms with Gasteiger partial charge in [-0.15, -0.1) is 0 Å². The SMILES string of the molecule is CC(=O)CC1(C)CC=C(C)CC1C. The zero-order valence-corrected chi connectivity index (χ0v) is 9.18. The molecule has 0 amide bonds. The maximum absolute atomic E-state index is 11.1. The molecule has 0 fully saturated rings. The topological polar surface area (TPSA) is 17.1 Å². The average molecular weight is 180 g/mol. The van der Waals surface area contributed by atoms with E-state index in [2.05, 4.69) is 26.8 Å². The minimum absolute atomic E-state index is 0.214. The zero-order chi connectivity index (χ0) is 10.1. The van der Waals surface area contributed by atoms with Crippen molar-refractivity contribution >= 4 is 5.78 Å². The maximum atomic E-state index is 11.1. The van der Waals surface area contributed by atoms with Gasteiger partial charge < -0.3 is 4.79 Å². The fourth-order valence-corrected chi connectivity index (χ4v) is 2.24. The van der Waals surface area contributed by atoms with Crippen LogP contribution in [0.25, 0.3) is 0 Å². The van der Waals surface area contributed by atoms with E-state index in [0.717, 1.165) is 19.3 Å². The standard InChI is InChI=1S/C12H20O/c1-9-5-6-12(4,8-11(3)13)10(2)7-9/h5,10H,6-8H2,1-4H3. The molecule has 0 N–H and O–H groups in total. The summed E-state index contributed by atoms with van der Waals surface area (Å²) in [7, 11) is 0. The van der Waals surface area contributed by atoms with Gasteiger partial charge in [0.25, 0.3) is 0 Å². The smallest absolute Gasteiger partial charge is 0.130 e. The first-order valence-corrected chi connectivity index (χ1v) is 5.09. The molecule has 74 valence electrons. The van der Waals surface area contributed by atoms with Crippen LogP contribution in [0.3, 0.4) is 0 Å². The normalized spacial score (nSPS) is 34.2. The summed E-state index contributed by atoms with van der Waals surface area (Å²) in [6.45, 7) is 8.38. The third kappa shape index (κ3) is 2.43. The van der Waals surface area contributed by atoms with Crippen LogP contribution in [-0.2, 0) is 4.79 Å². The molecule has 1 aliphatic rings.